The lowest BCUT2D eigenvalue weighted by atomic mass is 10.1. The molecule has 3 heterocycles. The minimum absolute atomic E-state index is 0.0196. The summed E-state index contributed by atoms with van der Waals surface area (Å²) in [7, 11) is 3.05. The third-order valence-corrected chi connectivity index (χ3v) is 4.10. The van der Waals surface area contributed by atoms with Gasteiger partial charge in [0.1, 0.15) is 0 Å². The Morgan fingerprint density at radius 1 is 1.46 bits per heavy atom. The summed E-state index contributed by atoms with van der Waals surface area (Å²) >= 11 is 0. The van der Waals surface area contributed by atoms with E-state index in [9.17, 15) is 14.9 Å². The molecule has 0 N–H and O–H groups in total. The fourth-order valence-electron chi connectivity index (χ4n) is 3.01. The number of pyridine rings is 1. The molecule has 2 aromatic heterocycles. The van der Waals surface area contributed by atoms with Gasteiger partial charge in [0.25, 0.3) is 0 Å². The molecule has 1 aliphatic rings. The number of aromatic nitrogens is 3. The number of hydrogen-bond donors (Lipinski definition) is 0. The van der Waals surface area contributed by atoms with Crippen molar-refractivity contribution in [2.45, 2.75) is 18.9 Å². The highest BCUT2D eigenvalue weighted by Crippen LogP contribution is 2.39. The number of nitrogens with zero attached hydrogens (tertiary/aromatic N) is 5. The van der Waals surface area contributed by atoms with Crippen molar-refractivity contribution in [3.63, 3.8) is 0 Å². The average Bonchev–Trinajstić information content (AvgIpc) is 3.21. The van der Waals surface area contributed by atoms with Crippen molar-refractivity contribution in [3.05, 3.63) is 45.9 Å². The molecule has 0 spiro atoms. The first kappa shape index (κ1) is 15.9. The summed E-state index contributed by atoms with van der Waals surface area (Å²) in [4.78, 5) is 28.6. The number of methoxy groups -OCH3 is 1. The highest BCUT2D eigenvalue weighted by atomic mass is 16.6. The summed E-state index contributed by atoms with van der Waals surface area (Å²) in [6.07, 6.45) is 6.74. The van der Waals surface area contributed by atoms with Crippen molar-refractivity contribution >= 4 is 17.5 Å². The second-order valence-corrected chi connectivity index (χ2v) is 5.61. The van der Waals surface area contributed by atoms with Crippen molar-refractivity contribution in [1.29, 1.82) is 0 Å². The summed E-state index contributed by atoms with van der Waals surface area (Å²) in [6.45, 7) is 0.658. The third-order valence-electron chi connectivity index (χ3n) is 4.10. The van der Waals surface area contributed by atoms with E-state index >= 15 is 0 Å². The normalized spacial score (nSPS) is 17.1. The number of anilines is 1. The molecule has 24 heavy (non-hydrogen) atoms. The Balaban J connectivity index is 2.01. The second-order valence-electron chi connectivity index (χ2n) is 5.61. The predicted octanol–water partition coefficient (Wildman–Crippen LogP) is 1.85. The molecule has 1 saturated heterocycles. The molecular formula is C15H17N5O4. The molecule has 0 aromatic carbocycles. The van der Waals surface area contributed by atoms with E-state index in [2.05, 4.69) is 14.8 Å². The highest BCUT2D eigenvalue weighted by molar-refractivity contribution is 5.90. The fraction of sp³-hybridized carbons (Fsp3) is 0.400. The number of nitro groups is 1. The summed E-state index contributed by atoms with van der Waals surface area (Å²) in [5, 5.41) is 15.6. The van der Waals surface area contributed by atoms with Gasteiger partial charge in [-0.1, -0.05) is 0 Å². The van der Waals surface area contributed by atoms with E-state index in [0.717, 1.165) is 18.4 Å². The molecule has 126 valence electrons. The number of carbonyl (C=O) groups excluding carboxylic acids is 1. The van der Waals surface area contributed by atoms with Crippen LogP contribution in [-0.2, 0) is 11.8 Å². The van der Waals surface area contributed by atoms with Gasteiger partial charge in [-0.15, -0.1) is 0 Å². The van der Waals surface area contributed by atoms with Crippen molar-refractivity contribution in [2.75, 3.05) is 18.6 Å². The van der Waals surface area contributed by atoms with E-state index in [1.165, 1.54) is 19.4 Å². The zero-order valence-corrected chi connectivity index (χ0v) is 13.4. The molecule has 2 aromatic rings. The monoisotopic (exact) mass is 331 g/mol. The van der Waals surface area contributed by atoms with Gasteiger partial charge in [-0.3, -0.25) is 14.8 Å². The molecule has 1 fully saturated rings. The quantitative estimate of drug-likeness (QED) is 0.478. The Kier molecular flexibility index (Phi) is 4.15. The van der Waals surface area contributed by atoms with Crippen LogP contribution in [0.3, 0.4) is 0 Å². The molecule has 0 amide bonds. The van der Waals surface area contributed by atoms with Crippen LogP contribution in [0.15, 0.2) is 24.7 Å². The molecule has 1 aliphatic heterocycles. The van der Waals surface area contributed by atoms with Gasteiger partial charge in [-0.25, -0.2) is 9.78 Å². The van der Waals surface area contributed by atoms with E-state index in [1.807, 2.05) is 18.1 Å². The first-order chi connectivity index (χ1) is 11.5. The Morgan fingerprint density at radius 3 is 2.88 bits per heavy atom. The maximum atomic E-state index is 11.6. The van der Waals surface area contributed by atoms with E-state index < -0.39 is 10.9 Å². The van der Waals surface area contributed by atoms with Crippen LogP contribution in [0.4, 0.5) is 11.5 Å². The van der Waals surface area contributed by atoms with E-state index in [1.54, 1.807) is 10.9 Å². The van der Waals surface area contributed by atoms with E-state index in [4.69, 9.17) is 0 Å². The molecule has 0 radical (unpaired) electrons. The molecule has 3 rings (SSSR count). The number of ether oxygens (including phenoxy) is 1. The lowest BCUT2D eigenvalue weighted by molar-refractivity contribution is -0.384. The molecule has 0 bridgehead atoms. The fourth-order valence-corrected chi connectivity index (χ4v) is 3.01. The number of esters is 1. The number of aryl methyl sites for hydroxylation is 1. The smallest absolute Gasteiger partial charge is 0.339 e. The maximum absolute atomic E-state index is 11.6. The lowest BCUT2D eigenvalue weighted by Gasteiger charge is -2.24. The molecule has 9 nitrogen and oxygen atoms in total. The van der Waals surface area contributed by atoms with Crippen LogP contribution >= 0.6 is 0 Å². The Hall–Kier alpha value is -2.97. The van der Waals surface area contributed by atoms with Gasteiger partial charge in [-0.05, 0) is 12.8 Å². The van der Waals surface area contributed by atoms with Crippen molar-refractivity contribution in [1.82, 2.24) is 14.8 Å². The molecule has 9 heteroatoms. The van der Waals surface area contributed by atoms with Crippen LogP contribution in [0, 0.1) is 10.1 Å². The SMILES string of the molecule is COC(=O)c1cnc(N2CCCC2c2cnn(C)c2)c([N+](=O)[O-])c1. The van der Waals surface area contributed by atoms with Crippen LogP contribution in [0.5, 0.6) is 0 Å². The first-order valence-electron chi connectivity index (χ1n) is 7.49. The van der Waals surface area contributed by atoms with Crippen LogP contribution < -0.4 is 4.90 Å². The van der Waals surface area contributed by atoms with Crippen LogP contribution in [-0.4, -0.2) is 39.3 Å². The minimum atomic E-state index is -0.651. The van der Waals surface area contributed by atoms with Crippen LogP contribution in [0.25, 0.3) is 0 Å². The van der Waals surface area contributed by atoms with Gasteiger partial charge in [0.2, 0.25) is 5.82 Å². The summed E-state index contributed by atoms with van der Waals surface area (Å²) in [5.41, 5.74) is 0.849. The number of carbonyl (C=O) groups is 1. The van der Waals surface area contributed by atoms with Gasteiger partial charge in [0.15, 0.2) is 0 Å². The molecule has 1 unspecified atom stereocenters. The Bertz CT molecular complexity index is 788. The first-order valence-corrected chi connectivity index (χ1v) is 7.49. The number of rotatable bonds is 4. The lowest BCUT2D eigenvalue weighted by Crippen LogP contribution is -2.24. The van der Waals surface area contributed by atoms with Crippen LogP contribution in [0.2, 0.25) is 0 Å². The average molecular weight is 331 g/mol. The summed E-state index contributed by atoms with van der Waals surface area (Å²) in [5.74, 6) is -0.388. The summed E-state index contributed by atoms with van der Waals surface area (Å²) in [6, 6.07) is 1.20. The van der Waals surface area contributed by atoms with E-state index in [-0.39, 0.29) is 23.1 Å². The number of hydrogen-bond acceptors (Lipinski definition) is 7. The van der Waals surface area contributed by atoms with Crippen LogP contribution in [0.1, 0.15) is 34.8 Å². The standard InChI is InChI=1S/C15H17N5O4/c1-18-9-11(8-17-18)12-4-3-5-19(12)14-13(20(22)23)6-10(7-16-14)15(21)24-2/h6-9,12H,3-5H2,1-2H3. The Labute approximate surface area is 138 Å². The van der Waals surface area contributed by atoms with Crippen molar-refractivity contribution < 1.29 is 14.5 Å². The largest absolute Gasteiger partial charge is 0.465 e. The molecule has 1 atom stereocenters. The van der Waals surface area contributed by atoms with Gasteiger partial charge >= 0.3 is 11.7 Å². The van der Waals surface area contributed by atoms with Crippen molar-refractivity contribution in [2.24, 2.45) is 7.05 Å². The highest BCUT2D eigenvalue weighted by Gasteiger charge is 2.33. The van der Waals surface area contributed by atoms with Crippen molar-refractivity contribution in [3.8, 4) is 0 Å². The Morgan fingerprint density at radius 2 is 2.25 bits per heavy atom. The third kappa shape index (κ3) is 2.80. The second kappa shape index (κ2) is 6.26. The molecule has 0 aliphatic carbocycles. The van der Waals surface area contributed by atoms with Gasteiger partial charge in [0.05, 0.1) is 29.8 Å². The predicted molar refractivity (Wildman–Crippen MR) is 84.8 cm³/mol. The van der Waals surface area contributed by atoms with Gasteiger partial charge in [-0.2, -0.15) is 5.10 Å². The topological polar surface area (TPSA) is 103 Å². The molecule has 0 saturated carbocycles. The summed E-state index contributed by atoms with van der Waals surface area (Å²) < 4.78 is 6.31. The van der Waals surface area contributed by atoms with Gasteiger partial charge < -0.3 is 9.64 Å². The minimum Gasteiger partial charge on any atom is -0.465 e. The van der Waals surface area contributed by atoms with Gasteiger partial charge in [0, 0.05) is 37.6 Å². The zero-order valence-electron chi connectivity index (χ0n) is 13.4. The molecular weight excluding hydrogens is 314 g/mol. The zero-order chi connectivity index (χ0) is 17.3. The van der Waals surface area contributed by atoms with E-state index in [0.29, 0.717) is 6.54 Å². The maximum Gasteiger partial charge on any atom is 0.339 e.